The molecule has 2 fully saturated rings. The summed E-state index contributed by atoms with van der Waals surface area (Å²) in [7, 11) is 2.18. The lowest BCUT2D eigenvalue weighted by molar-refractivity contribution is -0.200. The SMILES string of the molecule is CC(C)CN1CC[C@]23c4c5ccc(O)c4O[C@H]2[C@H](N(C)Cc2ccccc2)CC[C@@]3(O)[C@H]1C5. The molecule has 0 unspecified atom stereocenters. The Balaban J connectivity index is 1.44. The Morgan fingerprint density at radius 2 is 1.94 bits per heavy atom. The van der Waals surface area contributed by atoms with Gasteiger partial charge in [0.2, 0.25) is 0 Å². The van der Waals surface area contributed by atoms with E-state index >= 15 is 0 Å². The third kappa shape index (κ3) is 2.88. The Labute approximate surface area is 197 Å². The van der Waals surface area contributed by atoms with Gasteiger partial charge in [-0.25, -0.2) is 0 Å². The standard InChI is InChI=1S/C28H36N2O3/c1-18(2)16-30-14-13-27-24-20-9-10-22(31)25(24)33-26(27)21(11-12-28(27,32)23(30)15-20)29(3)17-19-7-5-4-6-8-19/h4-10,18,21,23,26,31-32H,11-17H2,1-3H3/t21-,23-,26+,27+,28-/m1/s1. The van der Waals surface area contributed by atoms with Crippen LogP contribution < -0.4 is 4.74 Å². The second-order valence-corrected chi connectivity index (χ2v) is 11.2. The molecular weight excluding hydrogens is 412 g/mol. The van der Waals surface area contributed by atoms with Gasteiger partial charge < -0.3 is 14.9 Å². The Kier molecular flexibility index (Phi) is 4.85. The van der Waals surface area contributed by atoms with Crippen LogP contribution >= 0.6 is 0 Å². The van der Waals surface area contributed by atoms with Crippen LogP contribution in [0.2, 0.25) is 0 Å². The van der Waals surface area contributed by atoms with Crippen LogP contribution in [0.3, 0.4) is 0 Å². The molecule has 2 aromatic carbocycles. The third-order valence-electron chi connectivity index (χ3n) is 8.98. The molecular formula is C28H36N2O3. The lowest BCUT2D eigenvalue weighted by atomic mass is 9.48. The Morgan fingerprint density at radius 3 is 2.70 bits per heavy atom. The average molecular weight is 449 g/mol. The first-order valence-electron chi connectivity index (χ1n) is 12.6. The second kappa shape index (κ2) is 7.46. The van der Waals surface area contributed by atoms with Crippen LogP contribution in [0.15, 0.2) is 42.5 Å². The fourth-order valence-corrected chi connectivity index (χ4v) is 7.73. The van der Waals surface area contributed by atoms with Crippen LogP contribution in [0.1, 0.15) is 49.8 Å². The van der Waals surface area contributed by atoms with Crippen molar-refractivity contribution in [1.29, 1.82) is 0 Å². The maximum atomic E-state index is 12.6. The predicted molar refractivity (Wildman–Crippen MR) is 129 cm³/mol. The largest absolute Gasteiger partial charge is 0.504 e. The van der Waals surface area contributed by atoms with E-state index in [2.05, 4.69) is 67.1 Å². The molecule has 176 valence electrons. The molecule has 4 aliphatic rings. The molecule has 33 heavy (non-hydrogen) atoms. The van der Waals surface area contributed by atoms with Gasteiger partial charge in [-0.15, -0.1) is 0 Å². The van der Waals surface area contributed by atoms with E-state index in [1.165, 1.54) is 11.1 Å². The molecule has 2 N–H and O–H groups in total. The number of likely N-dealkylation sites (N-methyl/N-ethyl adjacent to an activating group) is 1. The molecule has 5 heteroatoms. The first-order chi connectivity index (χ1) is 15.8. The van der Waals surface area contributed by atoms with E-state index in [1.807, 2.05) is 0 Å². The molecule has 5 nitrogen and oxygen atoms in total. The molecule has 6 rings (SSSR count). The molecule has 1 saturated carbocycles. The van der Waals surface area contributed by atoms with Crippen LogP contribution in [0.5, 0.6) is 11.5 Å². The first-order valence-corrected chi connectivity index (χ1v) is 12.6. The minimum absolute atomic E-state index is 0.100. The van der Waals surface area contributed by atoms with Gasteiger partial charge in [0.1, 0.15) is 6.10 Å². The summed E-state index contributed by atoms with van der Waals surface area (Å²) in [6.07, 6.45) is 3.20. The highest BCUT2D eigenvalue weighted by Crippen LogP contribution is 2.65. The van der Waals surface area contributed by atoms with Gasteiger partial charge in [-0.05, 0) is 62.4 Å². The van der Waals surface area contributed by atoms with Crippen molar-refractivity contribution in [2.24, 2.45) is 5.92 Å². The number of hydrogen-bond donors (Lipinski definition) is 2. The average Bonchev–Trinajstić information content (AvgIpc) is 3.13. The van der Waals surface area contributed by atoms with Crippen LogP contribution in [0, 0.1) is 5.92 Å². The van der Waals surface area contributed by atoms with E-state index in [0.29, 0.717) is 11.7 Å². The quantitative estimate of drug-likeness (QED) is 0.731. The normalized spacial score (nSPS) is 34.4. The molecule has 0 radical (unpaired) electrons. The molecule has 2 aliphatic carbocycles. The van der Waals surface area contributed by atoms with E-state index in [0.717, 1.165) is 50.9 Å². The highest BCUT2D eigenvalue weighted by molar-refractivity contribution is 5.62. The van der Waals surface area contributed by atoms with Crippen LogP contribution in [-0.2, 0) is 18.4 Å². The monoisotopic (exact) mass is 448 g/mol. The maximum Gasteiger partial charge on any atom is 0.165 e. The smallest absolute Gasteiger partial charge is 0.165 e. The number of rotatable bonds is 5. The zero-order valence-electron chi connectivity index (χ0n) is 20.0. The Bertz CT molecular complexity index is 1060. The number of likely N-dealkylation sites (tertiary alicyclic amines) is 1. The number of phenols is 1. The zero-order valence-corrected chi connectivity index (χ0v) is 20.0. The molecule has 1 saturated heterocycles. The lowest BCUT2D eigenvalue weighted by Gasteiger charge is -2.65. The van der Waals surface area contributed by atoms with Crippen molar-refractivity contribution in [2.75, 3.05) is 20.1 Å². The molecule has 2 bridgehead atoms. The summed E-state index contributed by atoms with van der Waals surface area (Å²) in [5.74, 6) is 1.41. The zero-order chi connectivity index (χ0) is 23.0. The minimum atomic E-state index is -0.832. The predicted octanol–water partition coefficient (Wildman–Crippen LogP) is 3.70. The van der Waals surface area contributed by atoms with Crippen molar-refractivity contribution >= 4 is 0 Å². The molecule has 0 amide bonds. The number of hydrogen-bond acceptors (Lipinski definition) is 5. The molecule has 1 spiro atoms. The van der Waals surface area contributed by atoms with E-state index in [9.17, 15) is 10.2 Å². The number of phenolic OH excluding ortho intramolecular Hbond substituents is 1. The van der Waals surface area contributed by atoms with Gasteiger partial charge >= 0.3 is 0 Å². The number of piperidine rings is 1. The molecule has 2 aromatic rings. The maximum absolute atomic E-state index is 12.6. The van der Waals surface area contributed by atoms with Crippen molar-refractivity contribution in [3.63, 3.8) is 0 Å². The number of nitrogens with zero attached hydrogens (tertiary/aromatic N) is 2. The number of aliphatic hydroxyl groups is 1. The Hall–Kier alpha value is -2.08. The fraction of sp³-hybridized carbons (Fsp3) is 0.571. The topological polar surface area (TPSA) is 56.2 Å². The van der Waals surface area contributed by atoms with Crippen LogP contribution in [-0.4, -0.2) is 63.9 Å². The van der Waals surface area contributed by atoms with Crippen LogP contribution in [0.25, 0.3) is 0 Å². The number of ether oxygens (including phenoxy) is 1. The van der Waals surface area contributed by atoms with Gasteiger partial charge in [0.25, 0.3) is 0 Å². The van der Waals surface area contributed by atoms with Gasteiger partial charge in [0.15, 0.2) is 11.5 Å². The van der Waals surface area contributed by atoms with E-state index < -0.39 is 11.0 Å². The molecule has 0 aromatic heterocycles. The number of benzene rings is 2. The van der Waals surface area contributed by atoms with E-state index in [-0.39, 0.29) is 23.9 Å². The van der Waals surface area contributed by atoms with Crippen molar-refractivity contribution < 1.29 is 14.9 Å². The third-order valence-corrected chi connectivity index (χ3v) is 8.98. The molecule has 2 aliphatic heterocycles. The highest BCUT2D eigenvalue weighted by atomic mass is 16.5. The highest BCUT2D eigenvalue weighted by Gasteiger charge is 2.73. The van der Waals surface area contributed by atoms with E-state index in [4.69, 9.17) is 4.74 Å². The van der Waals surface area contributed by atoms with Crippen molar-refractivity contribution in [2.45, 2.75) is 75.3 Å². The fourth-order valence-electron chi connectivity index (χ4n) is 7.73. The summed E-state index contributed by atoms with van der Waals surface area (Å²) in [4.78, 5) is 4.94. The summed E-state index contributed by atoms with van der Waals surface area (Å²) in [5.41, 5.74) is 2.35. The summed E-state index contributed by atoms with van der Waals surface area (Å²) >= 11 is 0. The van der Waals surface area contributed by atoms with Crippen molar-refractivity contribution in [3.8, 4) is 11.5 Å². The lowest BCUT2D eigenvalue weighted by Crippen LogP contribution is -2.78. The van der Waals surface area contributed by atoms with Crippen molar-refractivity contribution in [3.05, 3.63) is 59.2 Å². The summed E-state index contributed by atoms with van der Waals surface area (Å²) in [6, 6.07) is 14.7. The van der Waals surface area contributed by atoms with Crippen molar-refractivity contribution in [1.82, 2.24) is 9.80 Å². The molecule has 2 heterocycles. The van der Waals surface area contributed by atoms with Gasteiger partial charge in [0, 0.05) is 30.7 Å². The summed E-state index contributed by atoms with van der Waals surface area (Å²) in [6.45, 7) is 7.34. The molecule has 5 atom stereocenters. The Morgan fingerprint density at radius 1 is 1.15 bits per heavy atom. The second-order valence-electron chi connectivity index (χ2n) is 11.2. The summed E-state index contributed by atoms with van der Waals surface area (Å²) < 4.78 is 6.69. The van der Waals surface area contributed by atoms with Gasteiger partial charge in [-0.2, -0.15) is 0 Å². The number of aromatic hydroxyl groups is 1. The first kappa shape index (κ1) is 21.5. The van der Waals surface area contributed by atoms with Gasteiger partial charge in [-0.1, -0.05) is 50.2 Å². The summed E-state index contributed by atoms with van der Waals surface area (Å²) in [5, 5.41) is 23.3. The van der Waals surface area contributed by atoms with Gasteiger partial charge in [-0.3, -0.25) is 9.80 Å². The van der Waals surface area contributed by atoms with Gasteiger partial charge in [0.05, 0.1) is 11.0 Å². The minimum Gasteiger partial charge on any atom is -0.504 e. The van der Waals surface area contributed by atoms with Crippen LogP contribution in [0.4, 0.5) is 0 Å². The van der Waals surface area contributed by atoms with E-state index in [1.54, 1.807) is 6.07 Å².